The molecule has 1 aromatic rings. The molecule has 0 unspecified atom stereocenters. The summed E-state index contributed by atoms with van der Waals surface area (Å²) in [5.41, 5.74) is 6.20. The van der Waals surface area contributed by atoms with Gasteiger partial charge in [-0.25, -0.2) is 9.78 Å². The monoisotopic (exact) mass is 240 g/mol. The number of ether oxygens (including phenoxy) is 3. The van der Waals surface area contributed by atoms with Crippen molar-refractivity contribution in [2.24, 2.45) is 0 Å². The van der Waals surface area contributed by atoms with E-state index in [1.165, 1.54) is 19.4 Å². The first-order valence-electron chi connectivity index (χ1n) is 5.15. The summed E-state index contributed by atoms with van der Waals surface area (Å²) >= 11 is 0. The maximum atomic E-state index is 11.4. The van der Waals surface area contributed by atoms with Gasteiger partial charge in [-0.15, -0.1) is 0 Å². The average Bonchev–Trinajstić information content (AvgIpc) is 2.35. The van der Waals surface area contributed by atoms with Gasteiger partial charge in [-0.3, -0.25) is 0 Å². The molecule has 1 heterocycles. The quantitative estimate of drug-likeness (QED) is 0.586. The highest BCUT2D eigenvalue weighted by atomic mass is 16.5. The molecule has 0 amide bonds. The van der Waals surface area contributed by atoms with Crippen molar-refractivity contribution in [3.63, 3.8) is 0 Å². The number of carbonyl (C=O) groups is 1. The number of esters is 1. The molecule has 17 heavy (non-hydrogen) atoms. The first-order chi connectivity index (χ1) is 8.20. The Balaban J connectivity index is 2.70. The van der Waals surface area contributed by atoms with Crippen LogP contribution in [0.3, 0.4) is 0 Å². The van der Waals surface area contributed by atoms with Crippen LogP contribution < -0.4 is 10.5 Å². The summed E-state index contributed by atoms with van der Waals surface area (Å²) in [6.45, 7) is 1.02. The lowest BCUT2D eigenvalue weighted by Gasteiger charge is -2.09. The summed E-state index contributed by atoms with van der Waals surface area (Å²) in [6, 6.07) is 1.49. The number of rotatable bonds is 6. The highest BCUT2D eigenvalue weighted by molar-refractivity contribution is 5.95. The van der Waals surface area contributed by atoms with Gasteiger partial charge in [0.15, 0.2) is 0 Å². The van der Waals surface area contributed by atoms with E-state index in [0.29, 0.717) is 13.2 Å². The number of hydrogen-bond donors (Lipinski definition) is 1. The maximum Gasteiger partial charge on any atom is 0.340 e. The van der Waals surface area contributed by atoms with E-state index in [1.54, 1.807) is 7.11 Å². The summed E-state index contributed by atoms with van der Waals surface area (Å²) in [5, 5.41) is 0. The lowest BCUT2D eigenvalue weighted by atomic mass is 10.2. The molecule has 6 nitrogen and oxygen atoms in total. The van der Waals surface area contributed by atoms with E-state index in [9.17, 15) is 4.79 Å². The predicted octanol–water partition coefficient (Wildman–Crippen LogP) is 0.866. The van der Waals surface area contributed by atoms with Crippen molar-refractivity contribution in [3.8, 4) is 5.88 Å². The van der Waals surface area contributed by atoms with E-state index in [2.05, 4.69) is 9.72 Å². The summed E-state index contributed by atoms with van der Waals surface area (Å²) < 4.78 is 14.8. The molecule has 0 saturated carbocycles. The van der Waals surface area contributed by atoms with Gasteiger partial charge in [0.1, 0.15) is 5.69 Å². The molecule has 0 saturated heterocycles. The van der Waals surface area contributed by atoms with Crippen LogP contribution in [0.15, 0.2) is 12.3 Å². The zero-order chi connectivity index (χ0) is 12.7. The number of nitrogens with zero attached hydrogens (tertiary/aromatic N) is 1. The van der Waals surface area contributed by atoms with Crippen LogP contribution in [0.5, 0.6) is 5.88 Å². The van der Waals surface area contributed by atoms with Crippen molar-refractivity contribution < 1.29 is 19.0 Å². The summed E-state index contributed by atoms with van der Waals surface area (Å²) in [6.07, 6.45) is 2.17. The first kappa shape index (κ1) is 13.2. The van der Waals surface area contributed by atoms with Gasteiger partial charge >= 0.3 is 5.97 Å². The molecule has 0 atom stereocenters. The third kappa shape index (κ3) is 3.60. The largest absolute Gasteiger partial charge is 0.476 e. The average molecular weight is 240 g/mol. The van der Waals surface area contributed by atoms with Crippen molar-refractivity contribution in [2.45, 2.75) is 6.42 Å². The Bertz CT molecular complexity index is 382. The van der Waals surface area contributed by atoms with Gasteiger partial charge in [0, 0.05) is 26.3 Å². The normalized spacial score (nSPS) is 10.0. The van der Waals surface area contributed by atoms with Crippen molar-refractivity contribution in [2.75, 3.05) is 33.2 Å². The molecule has 0 aliphatic rings. The van der Waals surface area contributed by atoms with Gasteiger partial charge in [0.05, 0.1) is 19.3 Å². The van der Waals surface area contributed by atoms with Crippen molar-refractivity contribution >= 4 is 11.7 Å². The lowest BCUT2D eigenvalue weighted by molar-refractivity contribution is 0.0601. The summed E-state index contributed by atoms with van der Waals surface area (Å²) in [4.78, 5) is 15.3. The Morgan fingerprint density at radius 2 is 2.18 bits per heavy atom. The molecule has 0 aliphatic heterocycles. The van der Waals surface area contributed by atoms with Crippen LogP contribution in [0.4, 0.5) is 5.69 Å². The van der Waals surface area contributed by atoms with Gasteiger partial charge in [0.25, 0.3) is 0 Å². The molecule has 0 aromatic carbocycles. The second-order valence-electron chi connectivity index (χ2n) is 3.26. The Hall–Kier alpha value is -1.82. The molecule has 0 fully saturated rings. The zero-order valence-electron chi connectivity index (χ0n) is 9.93. The fraction of sp³-hybridized carbons (Fsp3) is 0.455. The summed E-state index contributed by atoms with van der Waals surface area (Å²) in [7, 11) is 2.91. The number of nitrogens with two attached hydrogens (primary N) is 1. The predicted molar refractivity (Wildman–Crippen MR) is 62.0 cm³/mol. The van der Waals surface area contributed by atoms with E-state index in [4.69, 9.17) is 15.2 Å². The Labute approximate surface area is 99.7 Å². The van der Waals surface area contributed by atoms with Crippen LogP contribution in [0.2, 0.25) is 0 Å². The van der Waals surface area contributed by atoms with E-state index >= 15 is 0 Å². The lowest BCUT2D eigenvalue weighted by Crippen LogP contribution is -2.10. The number of hydrogen-bond acceptors (Lipinski definition) is 6. The molecule has 1 aromatic heterocycles. The molecule has 0 bridgehead atoms. The fourth-order valence-electron chi connectivity index (χ4n) is 1.23. The number of nitrogen functional groups attached to an aromatic ring is 1. The standard InChI is InChI=1S/C11H16N2O4/c1-15-6-3-7-17-10-9(12)8(4-5-13-10)11(14)16-2/h4-5H,3,6-7,12H2,1-2H3. The third-order valence-electron chi connectivity index (χ3n) is 2.09. The van der Waals surface area contributed by atoms with Crippen molar-refractivity contribution in [1.29, 1.82) is 0 Å². The fourth-order valence-corrected chi connectivity index (χ4v) is 1.23. The minimum atomic E-state index is -0.508. The molecule has 0 radical (unpaired) electrons. The van der Waals surface area contributed by atoms with Crippen molar-refractivity contribution in [3.05, 3.63) is 17.8 Å². The van der Waals surface area contributed by atoms with Crippen LogP contribution in [-0.4, -0.2) is 38.4 Å². The van der Waals surface area contributed by atoms with Crippen LogP contribution in [0.25, 0.3) is 0 Å². The molecule has 2 N–H and O–H groups in total. The molecule has 1 rings (SSSR count). The topological polar surface area (TPSA) is 83.7 Å². The van der Waals surface area contributed by atoms with Gasteiger partial charge in [-0.05, 0) is 6.07 Å². The van der Waals surface area contributed by atoms with Crippen LogP contribution in [-0.2, 0) is 9.47 Å². The number of pyridine rings is 1. The van der Waals surface area contributed by atoms with Crippen LogP contribution >= 0.6 is 0 Å². The van der Waals surface area contributed by atoms with Gasteiger partial charge in [-0.1, -0.05) is 0 Å². The molecular weight excluding hydrogens is 224 g/mol. The van der Waals surface area contributed by atoms with Crippen molar-refractivity contribution in [1.82, 2.24) is 4.98 Å². The smallest absolute Gasteiger partial charge is 0.340 e. The molecule has 94 valence electrons. The molecular formula is C11H16N2O4. The van der Waals surface area contributed by atoms with E-state index in [1.807, 2.05) is 0 Å². The second kappa shape index (κ2) is 6.70. The SMILES string of the molecule is COCCCOc1nccc(C(=O)OC)c1N. The second-order valence-corrected chi connectivity index (χ2v) is 3.26. The zero-order valence-corrected chi connectivity index (χ0v) is 9.93. The highest BCUT2D eigenvalue weighted by Crippen LogP contribution is 2.22. The number of carbonyl (C=O) groups excluding carboxylic acids is 1. The molecule has 0 aliphatic carbocycles. The highest BCUT2D eigenvalue weighted by Gasteiger charge is 2.14. The molecule has 6 heteroatoms. The number of aromatic nitrogens is 1. The Kier molecular flexibility index (Phi) is 5.22. The first-order valence-corrected chi connectivity index (χ1v) is 5.15. The van der Waals surface area contributed by atoms with Crippen LogP contribution in [0.1, 0.15) is 16.8 Å². The van der Waals surface area contributed by atoms with Crippen LogP contribution in [0, 0.1) is 0 Å². The van der Waals surface area contributed by atoms with Gasteiger partial charge in [-0.2, -0.15) is 0 Å². The Morgan fingerprint density at radius 1 is 1.41 bits per heavy atom. The number of anilines is 1. The summed E-state index contributed by atoms with van der Waals surface area (Å²) in [5.74, 6) is -0.268. The number of methoxy groups -OCH3 is 2. The maximum absolute atomic E-state index is 11.4. The minimum Gasteiger partial charge on any atom is -0.476 e. The molecule has 0 spiro atoms. The van der Waals surface area contributed by atoms with E-state index in [-0.39, 0.29) is 17.1 Å². The van der Waals surface area contributed by atoms with Gasteiger partial charge in [0.2, 0.25) is 5.88 Å². The minimum absolute atomic E-state index is 0.191. The van der Waals surface area contributed by atoms with Gasteiger partial charge < -0.3 is 19.9 Å². The third-order valence-corrected chi connectivity index (χ3v) is 2.09. The van der Waals surface area contributed by atoms with E-state index in [0.717, 1.165) is 6.42 Å². The Morgan fingerprint density at radius 3 is 2.82 bits per heavy atom. The van der Waals surface area contributed by atoms with E-state index < -0.39 is 5.97 Å².